The molecule has 1 aromatic rings. The van der Waals surface area contributed by atoms with Crippen LogP contribution in [0.2, 0.25) is 0 Å². The number of carbonyl (C=O) groups is 2. The van der Waals surface area contributed by atoms with Crippen LogP contribution in [-0.2, 0) is 25.4 Å². The number of rotatable bonds is 1. The highest BCUT2D eigenvalue weighted by atomic mass is 16.7. The third kappa shape index (κ3) is 3.66. The molecule has 1 N–H and O–H groups in total. The minimum atomic E-state index is -1.83. The average molecular weight is 550 g/mol. The van der Waals surface area contributed by atoms with Crippen LogP contribution in [0.4, 0.5) is 10.5 Å². The van der Waals surface area contributed by atoms with E-state index in [2.05, 4.69) is 27.7 Å². The minimum absolute atomic E-state index is 0.0265. The molecule has 2 unspecified atom stereocenters. The van der Waals surface area contributed by atoms with Crippen molar-refractivity contribution in [3.63, 3.8) is 0 Å². The highest BCUT2D eigenvalue weighted by Crippen LogP contribution is 2.64. The number of carbonyl (C=O) groups excluding carboxylic acids is 2. The number of hydrogen-bond acceptors (Lipinski definition) is 6. The van der Waals surface area contributed by atoms with Crippen molar-refractivity contribution in [2.24, 2.45) is 28.6 Å². The van der Waals surface area contributed by atoms with Crippen molar-refractivity contribution in [1.82, 2.24) is 0 Å². The lowest BCUT2D eigenvalue weighted by molar-refractivity contribution is -0.302. The van der Waals surface area contributed by atoms with Gasteiger partial charge in [0.15, 0.2) is 23.3 Å². The summed E-state index contributed by atoms with van der Waals surface area (Å²) >= 11 is 0. The highest BCUT2D eigenvalue weighted by molar-refractivity contribution is 5.96. The molecule has 2 fully saturated rings. The third-order valence-electron chi connectivity index (χ3n) is 10.8. The molecule has 2 heterocycles. The van der Waals surface area contributed by atoms with Crippen LogP contribution in [0, 0.1) is 28.6 Å². The lowest BCUT2D eigenvalue weighted by Gasteiger charge is -2.52. The van der Waals surface area contributed by atoms with Gasteiger partial charge in [-0.15, -0.1) is 0 Å². The van der Waals surface area contributed by atoms with Crippen molar-refractivity contribution in [2.45, 2.75) is 91.3 Å². The number of fused-ring (bicyclic) bond motifs is 4. The normalized spacial score (nSPS) is 39.5. The summed E-state index contributed by atoms with van der Waals surface area (Å²) in [4.78, 5) is 30.4. The highest BCUT2D eigenvalue weighted by Gasteiger charge is 2.74. The topological polar surface area (TPSA) is 85.3 Å². The summed E-state index contributed by atoms with van der Waals surface area (Å²) in [6.45, 7) is 14.8. The van der Waals surface area contributed by atoms with Crippen LogP contribution in [0.25, 0.3) is 0 Å². The van der Waals surface area contributed by atoms with Crippen molar-refractivity contribution >= 4 is 17.6 Å². The molecule has 1 saturated carbocycles. The molecule has 6 rings (SSSR count). The number of Topliss-reactive ketones (excluding diaryl/α,β-unsaturated/α-hetero) is 1. The maximum atomic E-state index is 14.9. The van der Waals surface area contributed by atoms with Crippen molar-refractivity contribution in [2.75, 3.05) is 18.1 Å². The number of amides is 1. The van der Waals surface area contributed by atoms with Crippen molar-refractivity contribution in [3.8, 4) is 0 Å². The van der Waals surface area contributed by atoms with Gasteiger partial charge in [0.1, 0.15) is 6.10 Å². The van der Waals surface area contributed by atoms with E-state index in [1.54, 1.807) is 4.90 Å². The van der Waals surface area contributed by atoms with Crippen LogP contribution in [0.1, 0.15) is 66.9 Å². The van der Waals surface area contributed by atoms with E-state index in [0.29, 0.717) is 12.1 Å². The molecule has 2 bridgehead atoms. The summed E-state index contributed by atoms with van der Waals surface area (Å²) < 4.78 is 18.9. The second-order valence-corrected chi connectivity index (χ2v) is 13.9. The fourth-order valence-corrected chi connectivity index (χ4v) is 8.25. The molecule has 1 amide bonds. The van der Waals surface area contributed by atoms with Gasteiger partial charge in [-0.1, -0.05) is 58.0 Å². The third-order valence-corrected chi connectivity index (χ3v) is 10.8. The van der Waals surface area contributed by atoms with Crippen LogP contribution in [0.15, 0.2) is 47.6 Å². The Morgan fingerprint density at radius 3 is 2.60 bits per heavy atom. The number of allylic oxidation sites excluding steroid dienone is 1. The zero-order valence-corrected chi connectivity index (χ0v) is 24.8. The average Bonchev–Trinajstić information content (AvgIpc) is 3.06. The van der Waals surface area contributed by atoms with Gasteiger partial charge in [-0.25, -0.2) is 4.79 Å². The first kappa shape index (κ1) is 27.7. The summed E-state index contributed by atoms with van der Waals surface area (Å²) in [6, 6.07) is 7.87. The molecule has 7 atom stereocenters. The van der Waals surface area contributed by atoms with E-state index in [-0.39, 0.29) is 29.6 Å². The molecule has 2 aliphatic heterocycles. The van der Waals surface area contributed by atoms with Gasteiger partial charge in [-0.05, 0) is 80.1 Å². The number of aryl methyl sites for hydroxylation is 1. The lowest BCUT2D eigenvalue weighted by Crippen LogP contribution is -2.68. The smallest absolute Gasteiger partial charge is 0.414 e. The number of hydrogen-bond donors (Lipinski definition) is 1. The number of ketones is 1. The standard InChI is InChI=1S/C33H43NO6/c1-19-17-32-21(3)15-20(2)30(4,5)24(26(32)35)16-23-18-38-31(6,7)40-28(23)33(32,37)27(19)39-29(36)34-14-10-12-22-11-8-9-13-25(22)34/h8-9,11,13,16-17,20-21,24,27-28,37H,10,12,14-15,18H2,1-7H3/t20-,21?,24+,27-,28+,32?,33+/m0/s1. The Kier molecular flexibility index (Phi) is 6.23. The first-order valence-electron chi connectivity index (χ1n) is 14.8. The van der Waals surface area contributed by atoms with Gasteiger partial charge in [0.2, 0.25) is 0 Å². The van der Waals surface area contributed by atoms with Crippen molar-refractivity contribution in [3.05, 3.63) is 53.1 Å². The zero-order valence-electron chi connectivity index (χ0n) is 24.8. The Morgan fingerprint density at radius 2 is 1.85 bits per heavy atom. The summed E-state index contributed by atoms with van der Waals surface area (Å²) in [7, 11) is 0. The largest absolute Gasteiger partial charge is 0.438 e. The Hall–Kier alpha value is -2.48. The molecule has 40 heavy (non-hydrogen) atoms. The Bertz CT molecular complexity index is 1310. The van der Waals surface area contributed by atoms with Gasteiger partial charge >= 0.3 is 6.09 Å². The van der Waals surface area contributed by atoms with Crippen LogP contribution < -0.4 is 4.90 Å². The van der Waals surface area contributed by atoms with E-state index in [4.69, 9.17) is 14.2 Å². The SMILES string of the molecule is CC1=CC23C(=O)[C@@H](C=C4COC(C)(C)O[C@H]4[C@]2(O)[C@H]1OC(=O)N1CCCc2ccccc21)C(C)(C)[C@@H](C)CC3C. The summed E-state index contributed by atoms with van der Waals surface area (Å²) in [5, 5.41) is 13.2. The fourth-order valence-electron chi connectivity index (χ4n) is 8.25. The predicted molar refractivity (Wildman–Crippen MR) is 152 cm³/mol. The van der Waals surface area contributed by atoms with E-state index >= 15 is 0 Å². The lowest BCUT2D eigenvalue weighted by atomic mass is 9.59. The van der Waals surface area contributed by atoms with Gasteiger partial charge in [-0.2, -0.15) is 0 Å². The monoisotopic (exact) mass is 549 g/mol. The molecular formula is C33H43NO6. The molecule has 3 aliphatic carbocycles. The molecule has 0 aromatic heterocycles. The fraction of sp³-hybridized carbons (Fsp3) is 0.636. The molecular weight excluding hydrogens is 506 g/mol. The molecule has 216 valence electrons. The van der Waals surface area contributed by atoms with Crippen LogP contribution in [0.3, 0.4) is 0 Å². The maximum absolute atomic E-state index is 14.9. The molecule has 0 radical (unpaired) electrons. The number of ether oxygens (including phenoxy) is 3. The molecule has 5 aliphatic rings. The quantitative estimate of drug-likeness (QED) is 0.459. The molecule has 7 heteroatoms. The number of anilines is 1. The summed E-state index contributed by atoms with van der Waals surface area (Å²) in [6.07, 6.45) is 3.94. The van der Waals surface area contributed by atoms with E-state index in [9.17, 15) is 14.7 Å². The zero-order chi connectivity index (χ0) is 28.8. The second kappa shape index (κ2) is 9.01. The van der Waals surface area contributed by atoms with Crippen molar-refractivity contribution < 1.29 is 28.9 Å². The van der Waals surface area contributed by atoms with Gasteiger partial charge in [0.25, 0.3) is 0 Å². The van der Waals surface area contributed by atoms with E-state index < -0.39 is 41.0 Å². The Labute approximate surface area is 237 Å². The molecule has 1 aromatic carbocycles. The molecule has 1 spiro atoms. The van der Waals surface area contributed by atoms with Crippen molar-refractivity contribution in [1.29, 1.82) is 0 Å². The van der Waals surface area contributed by atoms with Crippen LogP contribution >= 0.6 is 0 Å². The Morgan fingerprint density at radius 1 is 1.12 bits per heavy atom. The summed E-state index contributed by atoms with van der Waals surface area (Å²) in [5.74, 6) is -1.45. The van der Waals surface area contributed by atoms with Gasteiger partial charge in [0, 0.05) is 12.5 Å². The number of benzene rings is 1. The minimum Gasteiger partial charge on any atom is -0.438 e. The first-order valence-corrected chi connectivity index (χ1v) is 14.8. The Balaban J connectivity index is 1.49. The molecule has 1 saturated heterocycles. The number of nitrogens with zero attached hydrogens (tertiary/aromatic N) is 1. The summed E-state index contributed by atoms with van der Waals surface area (Å²) in [5.41, 5.74) is -0.116. The van der Waals surface area contributed by atoms with Gasteiger partial charge in [-0.3, -0.25) is 9.69 Å². The van der Waals surface area contributed by atoms with E-state index in [1.807, 2.05) is 57.2 Å². The predicted octanol–water partition coefficient (Wildman–Crippen LogP) is 5.60. The van der Waals surface area contributed by atoms with Crippen LogP contribution in [0.5, 0.6) is 0 Å². The van der Waals surface area contributed by atoms with Gasteiger partial charge < -0.3 is 19.3 Å². The second-order valence-electron chi connectivity index (χ2n) is 13.9. The van der Waals surface area contributed by atoms with E-state index in [1.165, 1.54) is 0 Å². The molecule has 7 nitrogen and oxygen atoms in total. The van der Waals surface area contributed by atoms with E-state index in [0.717, 1.165) is 36.1 Å². The maximum Gasteiger partial charge on any atom is 0.414 e. The number of aliphatic hydroxyl groups is 1. The van der Waals surface area contributed by atoms with Gasteiger partial charge in [0.05, 0.1) is 17.7 Å². The first-order chi connectivity index (χ1) is 18.7. The number of para-hydroxylation sites is 1. The van der Waals surface area contributed by atoms with Crippen LogP contribution in [-0.4, -0.2) is 53.7 Å².